The first-order chi connectivity index (χ1) is 5.13. The lowest BCUT2D eigenvalue weighted by molar-refractivity contribution is -0.118. The third kappa shape index (κ3) is 9.39. The molecule has 1 unspecified atom stereocenters. The van der Waals surface area contributed by atoms with E-state index < -0.39 is 0 Å². The van der Waals surface area contributed by atoms with Crippen molar-refractivity contribution in [1.82, 2.24) is 5.32 Å². The number of amides is 1. The molecule has 0 rings (SSSR count). The molecule has 0 bridgehead atoms. The number of hydrogen-bond acceptors (Lipinski definition) is 3. The normalized spacial score (nSPS) is 12.9. The van der Waals surface area contributed by atoms with Gasteiger partial charge >= 0.3 is 0 Å². The van der Waals surface area contributed by atoms with E-state index in [-0.39, 0.29) is 12.0 Å². The Balaban J connectivity index is 2.97. The minimum atomic E-state index is -0.330. The van der Waals surface area contributed by atoms with Gasteiger partial charge in [-0.25, -0.2) is 0 Å². The van der Waals surface area contributed by atoms with Crippen molar-refractivity contribution in [2.75, 3.05) is 13.1 Å². The van der Waals surface area contributed by atoms with Gasteiger partial charge in [-0.1, -0.05) is 0 Å². The zero-order chi connectivity index (χ0) is 8.69. The maximum absolute atomic E-state index is 10.2. The van der Waals surface area contributed by atoms with Crippen molar-refractivity contribution in [3.05, 3.63) is 0 Å². The van der Waals surface area contributed by atoms with Crippen LogP contribution in [0, 0.1) is 0 Å². The van der Waals surface area contributed by atoms with Crippen LogP contribution in [-0.2, 0) is 4.79 Å². The second kappa shape index (κ2) is 6.12. The maximum Gasteiger partial charge on any atom is 0.217 e. The van der Waals surface area contributed by atoms with Crippen molar-refractivity contribution >= 4 is 5.91 Å². The first kappa shape index (κ1) is 10.4. The molecular weight excluding hydrogens is 144 g/mol. The van der Waals surface area contributed by atoms with Crippen LogP contribution in [0.3, 0.4) is 0 Å². The minimum absolute atomic E-state index is 0.274. The summed E-state index contributed by atoms with van der Waals surface area (Å²) in [4.78, 5) is 10.2. The molecule has 1 atom stereocenters. The van der Waals surface area contributed by atoms with E-state index in [9.17, 15) is 4.79 Å². The van der Waals surface area contributed by atoms with Gasteiger partial charge in [-0.15, -0.1) is 0 Å². The predicted octanol–water partition coefficient (Wildman–Crippen LogP) is -0.778. The van der Waals surface area contributed by atoms with E-state index in [0.717, 1.165) is 13.0 Å². The molecule has 0 spiro atoms. The fourth-order valence-electron chi connectivity index (χ4n) is 0.699. The lowest BCUT2D eigenvalue weighted by Crippen LogP contribution is -2.26. The summed E-state index contributed by atoms with van der Waals surface area (Å²) in [5.41, 5.74) is 4.92. The fraction of sp³-hybridized carbons (Fsp3) is 0.857. The molecular formula is C7H16N2O2. The Morgan fingerprint density at radius 3 is 2.82 bits per heavy atom. The number of hydrogen-bond donors (Lipinski definition) is 3. The second-order valence-corrected chi connectivity index (χ2v) is 2.62. The molecule has 0 fully saturated rings. The Bertz CT molecular complexity index is 115. The lowest BCUT2D eigenvalue weighted by Gasteiger charge is -2.04. The quantitative estimate of drug-likeness (QED) is 0.446. The van der Waals surface area contributed by atoms with Gasteiger partial charge in [-0.2, -0.15) is 0 Å². The summed E-state index contributed by atoms with van der Waals surface area (Å²) >= 11 is 0. The Kier molecular flexibility index (Phi) is 5.78. The Morgan fingerprint density at radius 2 is 2.36 bits per heavy atom. The molecule has 0 saturated carbocycles. The summed E-state index contributed by atoms with van der Waals surface area (Å²) in [6.45, 7) is 3.01. The number of nitrogens with two attached hydrogens (primary N) is 1. The van der Waals surface area contributed by atoms with Crippen LogP contribution in [0.25, 0.3) is 0 Å². The molecule has 0 radical (unpaired) electrons. The lowest BCUT2D eigenvalue weighted by atomic mass is 10.3. The number of aliphatic hydroxyl groups is 1. The van der Waals surface area contributed by atoms with Crippen molar-refractivity contribution in [2.45, 2.75) is 25.9 Å². The topological polar surface area (TPSA) is 75.3 Å². The van der Waals surface area contributed by atoms with Crippen molar-refractivity contribution in [3.63, 3.8) is 0 Å². The summed E-state index contributed by atoms with van der Waals surface area (Å²) in [6.07, 6.45) is 0.818. The molecule has 0 saturated heterocycles. The maximum atomic E-state index is 10.2. The van der Waals surface area contributed by atoms with Gasteiger partial charge in [0.25, 0.3) is 0 Å². The van der Waals surface area contributed by atoms with Crippen molar-refractivity contribution in [1.29, 1.82) is 0 Å². The number of rotatable bonds is 6. The average molecular weight is 160 g/mol. The molecule has 0 aromatic heterocycles. The van der Waals surface area contributed by atoms with Crippen LogP contribution in [-0.4, -0.2) is 30.2 Å². The van der Waals surface area contributed by atoms with E-state index in [1.54, 1.807) is 6.92 Å². The van der Waals surface area contributed by atoms with Gasteiger partial charge < -0.3 is 16.2 Å². The largest absolute Gasteiger partial charge is 0.392 e. The van der Waals surface area contributed by atoms with Crippen molar-refractivity contribution < 1.29 is 9.90 Å². The van der Waals surface area contributed by atoms with Gasteiger partial charge in [0.1, 0.15) is 0 Å². The number of aliphatic hydroxyl groups excluding tert-OH is 1. The van der Waals surface area contributed by atoms with Crippen LogP contribution in [0.2, 0.25) is 0 Å². The van der Waals surface area contributed by atoms with Crippen LogP contribution in [0.15, 0.2) is 0 Å². The van der Waals surface area contributed by atoms with Gasteiger partial charge in [-0.3, -0.25) is 4.79 Å². The Morgan fingerprint density at radius 1 is 1.73 bits per heavy atom. The highest BCUT2D eigenvalue weighted by atomic mass is 16.3. The van der Waals surface area contributed by atoms with Crippen molar-refractivity contribution in [3.8, 4) is 0 Å². The molecule has 0 aliphatic heterocycles. The first-order valence-electron chi connectivity index (χ1n) is 3.80. The number of nitrogens with one attached hydrogen (secondary N) is 1. The second-order valence-electron chi connectivity index (χ2n) is 2.62. The van der Waals surface area contributed by atoms with Gasteiger partial charge in [-0.05, 0) is 19.9 Å². The smallest absolute Gasteiger partial charge is 0.217 e. The molecule has 0 aliphatic rings. The molecule has 0 aromatic rings. The highest BCUT2D eigenvalue weighted by Crippen LogP contribution is 1.84. The first-order valence-corrected chi connectivity index (χ1v) is 3.80. The van der Waals surface area contributed by atoms with Crippen molar-refractivity contribution in [2.24, 2.45) is 5.73 Å². The summed E-state index contributed by atoms with van der Waals surface area (Å²) in [7, 11) is 0. The predicted molar refractivity (Wildman–Crippen MR) is 43.0 cm³/mol. The summed E-state index contributed by atoms with van der Waals surface area (Å²) < 4.78 is 0. The van der Waals surface area contributed by atoms with Gasteiger partial charge in [0.05, 0.1) is 6.10 Å². The number of carbonyl (C=O) groups is 1. The third-order valence-corrected chi connectivity index (χ3v) is 1.22. The Labute approximate surface area is 66.8 Å². The molecule has 0 aliphatic carbocycles. The highest BCUT2D eigenvalue weighted by Gasteiger charge is 1.95. The third-order valence-electron chi connectivity index (χ3n) is 1.22. The van der Waals surface area contributed by atoms with Crippen LogP contribution >= 0.6 is 0 Å². The Hall–Kier alpha value is -0.610. The molecule has 4 heteroatoms. The molecule has 0 aromatic carbocycles. The SMILES string of the molecule is CC(O)CNCCCC(N)=O. The van der Waals surface area contributed by atoms with Crippen LogP contribution in [0.4, 0.5) is 0 Å². The van der Waals surface area contributed by atoms with E-state index in [1.807, 2.05) is 0 Å². The van der Waals surface area contributed by atoms with Gasteiger partial charge in [0.15, 0.2) is 0 Å². The zero-order valence-corrected chi connectivity index (χ0v) is 6.84. The molecule has 11 heavy (non-hydrogen) atoms. The highest BCUT2D eigenvalue weighted by molar-refractivity contribution is 5.73. The summed E-state index contributed by atoms with van der Waals surface area (Å²) in [5.74, 6) is -0.274. The molecule has 4 nitrogen and oxygen atoms in total. The van der Waals surface area contributed by atoms with E-state index >= 15 is 0 Å². The standard InChI is InChI=1S/C7H16N2O2/c1-6(10)5-9-4-2-3-7(8)11/h6,9-10H,2-5H2,1H3,(H2,8,11). The van der Waals surface area contributed by atoms with Crippen LogP contribution in [0.5, 0.6) is 0 Å². The van der Waals surface area contributed by atoms with E-state index in [4.69, 9.17) is 10.8 Å². The van der Waals surface area contributed by atoms with Crippen LogP contribution < -0.4 is 11.1 Å². The fourth-order valence-corrected chi connectivity index (χ4v) is 0.699. The molecule has 66 valence electrons. The van der Waals surface area contributed by atoms with Gasteiger partial charge in [0, 0.05) is 13.0 Å². The van der Waals surface area contributed by atoms with E-state index in [1.165, 1.54) is 0 Å². The molecule has 4 N–H and O–H groups in total. The monoisotopic (exact) mass is 160 g/mol. The summed E-state index contributed by atoms with van der Waals surface area (Å²) in [6, 6.07) is 0. The van der Waals surface area contributed by atoms with E-state index in [0.29, 0.717) is 13.0 Å². The molecule has 0 heterocycles. The zero-order valence-electron chi connectivity index (χ0n) is 6.84. The number of primary amides is 1. The summed E-state index contributed by atoms with van der Waals surface area (Å²) in [5, 5.41) is 11.8. The van der Waals surface area contributed by atoms with Crippen LogP contribution in [0.1, 0.15) is 19.8 Å². The van der Waals surface area contributed by atoms with E-state index in [2.05, 4.69) is 5.32 Å². The minimum Gasteiger partial charge on any atom is -0.392 e. The average Bonchev–Trinajstić information content (AvgIpc) is 1.85. The number of carbonyl (C=O) groups excluding carboxylic acids is 1. The molecule has 1 amide bonds. The van der Waals surface area contributed by atoms with Gasteiger partial charge in [0.2, 0.25) is 5.91 Å².